The summed E-state index contributed by atoms with van der Waals surface area (Å²) in [7, 11) is 3.86. The number of carbonyl (C=O) groups is 2. The van der Waals surface area contributed by atoms with Crippen LogP contribution in [0.25, 0.3) is 0 Å². The van der Waals surface area contributed by atoms with Gasteiger partial charge in [-0.15, -0.1) is 0 Å². The van der Waals surface area contributed by atoms with Crippen LogP contribution in [-0.2, 0) is 4.74 Å². The number of aromatic nitrogens is 3. The Labute approximate surface area is 206 Å². The van der Waals surface area contributed by atoms with Crippen molar-refractivity contribution in [2.75, 3.05) is 55.5 Å². The fourth-order valence-corrected chi connectivity index (χ4v) is 4.00. The Bertz CT molecular complexity index is 1060. The van der Waals surface area contributed by atoms with E-state index in [2.05, 4.69) is 29.1 Å². The molecule has 0 bridgehead atoms. The lowest BCUT2D eigenvalue weighted by atomic mass is 10.1. The number of nitrogens with zero attached hydrogens (tertiary/aromatic N) is 6. The molecule has 35 heavy (non-hydrogen) atoms. The summed E-state index contributed by atoms with van der Waals surface area (Å²) in [5.74, 6) is 1.29. The molecule has 190 valence electrons. The third kappa shape index (κ3) is 6.49. The Morgan fingerprint density at radius 2 is 1.94 bits per heavy atom. The molecule has 1 aliphatic rings. The number of ether oxygens (including phenoxy) is 1. The lowest BCUT2D eigenvalue weighted by molar-refractivity contribution is 0.1000. The van der Waals surface area contributed by atoms with Gasteiger partial charge in [0, 0.05) is 45.0 Å². The molecule has 1 aromatic heterocycles. The van der Waals surface area contributed by atoms with Gasteiger partial charge in [0.25, 0.3) is 0 Å². The van der Waals surface area contributed by atoms with Crippen molar-refractivity contribution >= 4 is 35.5 Å². The number of carbonyl (C=O) groups excluding carboxylic acids is 2. The predicted octanol–water partition coefficient (Wildman–Crippen LogP) is 2.78. The molecular weight excluding hydrogens is 448 g/mol. The third-order valence-electron chi connectivity index (χ3n) is 5.91. The fourth-order valence-electron chi connectivity index (χ4n) is 4.00. The van der Waals surface area contributed by atoms with Crippen LogP contribution in [0.2, 0.25) is 0 Å². The van der Waals surface area contributed by atoms with E-state index in [1.165, 1.54) is 0 Å². The van der Waals surface area contributed by atoms with Crippen molar-refractivity contribution in [2.24, 2.45) is 11.7 Å². The Hall–Kier alpha value is -3.63. The van der Waals surface area contributed by atoms with Crippen molar-refractivity contribution in [1.82, 2.24) is 19.9 Å². The lowest BCUT2D eigenvalue weighted by Crippen LogP contribution is -2.38. The molecule has 1 aliphatic heterocycles. The zero-order chi connectivity index (χ0) is 25.7. The third-order valence-corrected chi connectivity index (χ3v) is 5.91. The van der Waals surface area contributed by atoms with Crippen LogP contribution >= 0.6 is 0 Å². The van der Waals surface area contributed by atoms with Crippen LogP contribution in [0, 0.1) is 12.8 Å². The summed E-state index contributed by atoms with van der Waals surface area (Å²) >= 11 is 0. The summed E-state index contributed by atoms with van der Waals surface area (Å²) in [6.45, 7) is 10.2. The molecule has 0 spiro atoms. The maximum absolute atomic E-state index is 12.2. The van der Waals surface area contributed by atoms with E-state index in [-0.39, 0.29) is 12.1 Å². The van der Waals surface area contributed by atoms with E-state index in [1.807, 2.05) is 36.9 Å². The van der Waals surface area contributed by atoms with E-state index in [0.29, 0.717) is 54.7 Å². The maximum Gasteiger partial charge on any atom is 0.409 e. The number of rotatable bonds is 9. The van der Waals surface area contributed by atoms with Crippen molar-refractivity contribution in [2.45, 2.75) is 40.2 Å². The SMILES string of the molecule is CCOC(=O)N1CCC(N(C)c2nc(Nc3cc(C(N)=O)ccc3C)nc(N(C)CC(C)C)n2)C1. The van der Waals surface area contributed by atoms with Crippen molar-refractivity contribution in [3.8, 4) is 0 Å². The zero-order valence-corrected chi connectivity index (χ0v) is 21.4. The molecule has 11 nitrogen and oxygen atoms in total. The molecule has 3 N–H and O–H groups in total. The summed E-state index contributed by atoms with van der Waals surface area (Å²) in [6.07, 6.45) is 0.476. The number of benzene rings is 1. The van der Waals surface area contributed by atoms with Gasteiger partial charge in [0.1, 0.15) is 0 Å². The first-order valence-electron chi connectivity index (χ1n) is 11.9. The fraction of sp³-hybridized carbons (Fsp3) is 0.542. The van der Waals surface area contributed by atoms with E-state index in [4.69, 9.17) is 15.5 Å². The summed E-state index contributed by atoms with van der Waals surface area (Å²) in [5.41, 5.74) is 7.47. The number of primary amides is 1. The summed E-state index contributed by atoms with van der Waals surface area (Å²) < 4.78 is 5.15. The molecular formula is C24H36N8O3. The number of hydrogen-bond donors (Lipinski definition) is 2. The number of anilines is 4. The van der Waals surface area contributed by atoms with Crippen molar-refractivity contribution in [3.05, 3.63) is 29.3 Å². The number of hydrogen-bond acceptors (Lipinski definition) is 9. The molecule has 0 aliphatic carbocycles. The lowest BCUT2D eigenvalue weighted by Gasteiger charge is -2.27. The van der Waals surface area contributed by atoms with Crippen LogP contribution < -0.4 is 20.9 Å². The second kappa shape index (κ2) is 11.2. The Kier molecular flexibility index (Phi) is 8.31. The minimum atomic E-state index is -0.506. The minimum Gasteiger partial charge on any atom is -0.450 e. The number of aryl methyl sites for hydroxylation is 1. The van der Waals surface area contributed by atoms with Crippen molar-refractivity contribution in [3.63, 3.8) is 0 Å². The standard InChI is InChI=1S/C24H36N8O3/c1-7-35-24(34)32-11-10-18(14-32)31(6)23-28-21(27-22(29-23)30(5)13-15(2)3)26-19-12-17(20(25)33)9-8-16(19)4/h8-9,12,15,18H,7,10-11,13-14H2,1-6H3,(H2,25,33)(H,26,27,28,29). The number of nitrogens with two attached hydrogens (primary N) is 1. The van der Waals surface area contributed by atoms with Gasteiger partial charge in [-0.1, -0.05) is 19.9 Å². The van der Waals surface area contributed by atoms with E-state index >= 15 is 0 Å². The average molecular weight is 485 g/mol. The van der Waals surface area contributed by atoms with Crippen molar-refractivity contribution in [1.29, 1.82) is 0 Å². The molecule has 1 fully saturated rings. The molecule has 1 unspecified atom stereocenters. The first kappa shape index (κ1) is 26.0. The number of likely N-dealkylation sites (N-methyl/N-ethyl adjacent to an activating group) is 1. The van der Waals surface area contributed by atoms with Gasteiger partial charge in [0.15, 0.2) is 0 Å². The highest BCUT2D eigenvalue weighted by atomic mass is 16.6. The van der Waals surface area contributed by atoms with Gasteiger partial charge < -0.3 is 30.5 Å². The highest BCUT2D eigenvalue weighted by Gasteiger charge is 2.31. The van der Waals surface area contributed by atoms with Gasteiger partial charge in [-0.2, -0.15) is 15.0 Å². The van der Waals surface area contributed by atoms with E-state index in [1.54, 1.807) is 24.0 Å². The van der Waals surface area contributed by atoms with Crippen LogP contribution in [0.15, 0.2) is 18.2 Å². The van der Waals surface area contributed by atoms with Gasteiger partial charge >= 0.3 is 6.09 Å². The highest BCUT2D eigenvalue weighted by Crippen LogP contribution is 2.25. The number of amides is 2. The number of nitrogens with one attached hydrogen (secondary N) is 1. The largest absolute Gasteiger partial charge is 0.450 e. The zero-order valence-electron chi connectivity index (χ0n) is 21.4. The van der Waals surface area contributed by atoms with Crippen LogP contribution in [0.4, 0.5) is 28.3 Å². The van der Waals surface area contributed by atoms with Gasteiger partial charge in [0.2, 0.25) is 23.8 Å². The van der Waals surface area contributed by atoms with Crippen LogP contribution in [0.1, 0.15) is 43.1 Å². The highest BCUT2D eigenvalue weighted by molar-refractivity contribution is 5.94. The molecule has 1 saturated heterocycles. The molecule has 2 amide bonds. The number of likely N-dealkylation sites (tertiary alicyclic amines) is 1. The van der Waals surface area contributed by atoms with Gasteiger partial charge in [-0.25, -0.2) is 4.79 Å². The minimum absolute atomic E-state index is 0.0397. The summed E-state index contributed by atoms with van der Waals surface area (Å²) in [5, 5.41) is 3.24. The molecule has 11 heteroatoms. The van der Waals surface area contributed by atoms with Crippen LogP contribution in [0.3, 0.4) is 0 Å². The van der Waals surface area contributed by atoms with Gasteiger partial charge in [0.05, 0.1) is 12.6 Å². The topological polar surface area (TPSA) is 130 Å². The molecule has 0 saturated carbocycles. The van der Waals surface area contributed by atoms with E-state index < -0.39 is 5.91 Å². The Balaban J connectivity index is 1.92. The molecule has 1 aromatic carbocycles. The monoisotopic (exact) mass is 484 g/mol. The normalized spacial score (nSPS) is 15.3. The molecule has 2 aromatic rings. The van der Waals surface area contributed by atoms with Gasteiger partial charge in [-0.05, 0) is 43.9 Å². The van der Waals surface area contributed by atoms with Crippen LogP contribution in [0.5, 0.6) is 0 Å². The first-order valence-corrected chi connectivity index (χ1v) is 11.9. The average Bonchev–Trinajstić information content (AvgIpc) is 3.30. The molecule has 3 rings (SSSR count). The maximum atomic E-state index is 12.2. The molecule has 2 heterocycles. The smallest absolute Gasteiger partial charge is 0.409 e. The van der Waals surface area contributed by atoms with E-state index in [9.17, 15) is 9.59 Å². The molecule has 1 atom stereocenters. The van der Waals surface area contributed by atoms with Crippen molar-refractivity contribution < 1.29 is 14.3 Å². The second-order valence-corrected chi connectivity index (χ2v) is 9.25. The predicted molar refractivity (Wildman–Crippen MR) is 136 cm³/mol. The summed E-state index contributed by atoms with van der Waals surface area (Å²) in [6, 6.07) is 5.24. The second-order valence-electron chi connectivity index (χ2n) is 9.25. The Morgan fingerprint density at radius 1 is 1.23 bits per heavy atom. The summed E-state index contributed by atoms with van der Waals surface area (Å²) in [4.78, 5) is 43.5. The Morgan fingerprint density at radius 3 is 2.60 bits per heavy atom. The molecule has 0 radical (unpaired) electrons. The van der Waals surface area contributed by atoms with Gasteiger partial charge in [-0.3, -0.25) is 4.79 Å². The quantitative estimate of drug-likeness (QED) is 0.552. The van der Waals surface area contributed by atoms with E-state index in [0.717, 1.165) is 18.5 Å². The first-order chi connectivity index (χ1) is 16.6. The van der Waals surface area contributed by atoms with Crippen LogP contribution in [-0.4, -0.2) is 78.2 Å².